The van der Waals surface area contributed by atoms with Crippen molar-refractivity contribution < 1.29 is 9.18 Å². The number of rotatable bonds is 6. The van der Waals surface area contributed by atoms with Crippen LogP contribution in [-0.4, -0.2) is 15.0 Å². The summed E-state index contributed by atoms with van der Waals surface area (Å²) in [6, 6.07) is 30.1. The number of nitrogens with one attached hydrogen (secondary N) is 1. The number of halogens is 2. The molecule has 1 amide bonds. The summed E-state index contributed by atoms with van der Waals surface area (Å²) < 4.78 is 18.3. The molecule has 0 saturated carbocycles. The molecule has 0 bridgehead atoms. The number of hydrogen-bond donors (Lipinski definition) is 1. The van der Waals surface area contributed by atoms with Crippen LogP contribution >= 0.6 is 22.9 Å². The third-order valence-electron chi connectivity index (χ3n) is 8.29. The second kappa shape index (κ2) is 12.0. The molecule has 1 N–H and O–H groups in total. The number of allylic oxidation sites excluding steroid dienone is 1. The van der Waals surface area contributed by atoms with Gasteiger partial charge in [-0.15, -0.1) is 0 Å². The van der Waals surface area contributed by atoms with Crippen LogP contribution in [0.3, 0.4) is 0 Å². The van der Waals surface area contributed by atoms with Gasteiger partial charge >= 0.3 is 0 Å². The van der Waals surface area contributed by atoms with Crippen LogP contribution in [0, 0.1) is 12.7 Å². The number of para-hydroxylation sites is 2. The largest absolute Gasteiger partial charge is 0.340 e. The second-order valence-electron chi connectivity index (χ2n) is 11.2. The molecular formula is C37H28ClFN4O2S. The van der Waals surface area contributed by atoms with E-state index in [0.29, 0.717) is 43.4 Å². The number of hydrogen-bond acceptors (Lipinski definition) is 4. The summed E-state index contributed by atoms with van der Waals surface area (Å²) >= 11 is 7.41. The highest BCUT2D eigenvalue weighted by Gasteiger charge is 2.32. The molecule has 6 nitrogen and oxygen atoms in total. The fourth-order valence-corrected chi connectivity index (χ4v) is 7.19. The Labute approximate surface area is 273 Å². The van der Waals surface area contributed by atoms with Gasteiger partial charge in [-0.25, -0.2) is 9.38 Å². The monoisotopic (exact) mass is 646 g/mol. The molecule has 1 aliphatic rings. The van der Waals surface area contributed by atoms with E-state index >= 15 is 0 Å². The molecule has 7 rings (SSSR count). The predicted octanol–water partition coefficient (Wildman–Crippen LogP) is 6.98. The molecule has 228 valence electrons. The van der Waals surface area contributed by atoms with Gasteiger partial charge in [-0.2, -0.15) is 0 Å². The highest BCUT2D eigenvalue weighted by atomic mass is 35.5. The maximum Gasteiger partial charge on any atom is 0.271 e. The number of amides is 1. The Morgan fingerprint density at radius 1 is 0.957 bits per heavy atom. The Morgan fingerprint density at radius 2 is 1.65 bits per heavy atom. The van der Waals surface area contributed by atoms with Crippen molar-refractivity contribution >= 4 is 51.5 Å². The summed E-state index contributed by atoms with van der Waals surface area (Å²) in [5.74, 6) is -0.783. The number of nitrogens with zero attached hydrogens (tertiary/aromatic N) is 3. The lowest BCUT2D eigenvalue weighted by Gasteiger charge is -2.25. The van der Waals surface area contributed by atoms with Crippen molar-refractivity contribution in [2.45, 2.75) is 26.4 Å². The number of carbonyl (C=O) groups is 1. The molecule has 0 spiro atoms. The molecule has 0 saturated heterocycles. The standard InChI is InChI=1S/C37H28ClFN4O2S/c1-22-33(35(44)41-28-8-4-3-5-9-28)34(25-14-18-27(39)19-15-25)43-36(45)32(46-37(43)40-22)20-30-23(2)42(31-11-7-6-10-29(30)31)21-24-12-16-26(38)17-13-24/h3-20,34H,21H2,1-2H3,(H,41,44)/b32-20-/t34-/m1/s1. The van der Waals surface area contributed by atoms with E-state index < -0.39 is 11.9 Å². The van der Waals surface area contributed by atoms with Gasteiger partial charge < -0.3 is 9.88 Å². The van der Waals surface area contributed by atoms with Crippen molar-refractivity contribution in [3.8, 4) is 0 Å². The predicted molar refractivity (Wildman–Crippen MR) is 182 cm³/mol. The zero-order chi connectivity index (χ0) is 31.9. The lowest BCUT2D eigenvalue weighted by molar-refractivity contribution is -0.113. The summed E-state index contributed by atoms with van der Waals surface area (Å²) in [7, 11) is 0. The first-order valence-corrected chi connectivity index (χ1v) is 15.9. The van der Waals surface area contributed by atoms with E-state index in [2.05, 4.69) is 28.9 Å². The van der Waals surface area contributed by atoms with Gasteiger partial charge in [-0.3, -0.25) is 14.2 Å². The molecule has 46 heavy (non-hydrogen) atoms. The summed E-state index contributed by atoms with van der Waals surface area (Å²) in [6.07, 6.45) is 1.92. The van der Waals surface area contributed by atoms with E-state index in [1.165, 1.54) is 23.5 Å². The highest BCUT2D eigenvalue weighted by molar-refractivity contribution is 7.07. The van der Waals surface area contributed by atoms with E-state index in [0.717, 1.165) is 27.7 Å². The van der Waals surface area contributed by atoms with Crippen LogP contribution in [0.4, 0.5) is 10.1 Å². The maximum absolute atomic E-state index is 14.3. The van der Waals surface area contributed by atoms with E-state index in [-0.39, 0.29) is 11.5 Å². The van der Waals surface area contributed by atoms with E-state index in [4.69, 9.17) is 16.6 Å². The minimum absolute atomic E-state index is 0.274. The van der Waals surface area contributed by atoms with E-state index in [1.54, 1.807) is 35.8 Å². The number of anilines is 1. The topological polar surface area (TPSA) is 68.4 Å². The molecule has 9 heteroatoms. The van der Waals surface area contributed by atoms with Crippen molar-refractivity contribution in [3.63, 3.8) is 0 Å². The first-order valence-electron chi connectivity index (χ1n) is 14.7. The molecule has 1 atom stereocenters. The van der Waals surface area contributed by atoms with Gasteiger partial charge in [0.05, 0.1) is 21.8 Å². The minimum Gasteiger partial charge on any atom is -0.340 e. The van der Waals surface area contributed by atoms with Crippen molar-refractivity contribution in [3.05, 3.63) is 167 Å². The second-order valence-corrected chi connectivity index (χ2v) is 12.6. The summed E-state index contributed by atoms with van der Waals surface area (Å²) in [6.45, 7) is 4.46. The van der Waals surface area contributed by atoms with E-state index in [1.807, 2.05) is 60.7 Å². The fourth-order valence-electron chi connectivity index (χ4n) is 6.04. The lowest BCUT2D eigenvalue weighted by atomic mass is 9.95. The molecule has 2 aromatic heterocycles. The highest BCUT2D eigenvalue weighted by Crippen LogP contribution is 2.32. The maximum atomic E-state index is 14.3. The first kappa shape index (κ1) is 29.6. The number of carbonyl (C=O) groups excluding carboxylic acids is 1. The Kier molecular flexibility index (Phi) is 7.76. The van der Waals surface area contributed by atoms with Crippen LogP contribution in [-0.2, 0) is 11.3 Å². The van der Waals surface area contributed by atoms with Crippen molar-refractivity contribution in [2.24, 2.45) is 4.99 Å². The third-order valence-corrected chi connectivity index (χ3v) is 9.53. The average Bonchev–Trinajstić information content (AvgIpc) is 3.50. The molecule has 0 aliphatic carbocycles. The minimum atomic E-state index is -0.796. The quantitative estimate of drug-likeness (QED) is 0.212. The zero-order valence-electron chi connectivity index (χ0n) is 25.0. The van der Waals surface area contributed by atoms with Gasteiger partial charge in [-0.05, 0) is 73.5 Å². The van der Waals surface area contributed by atoms with Crippen LogP contribution in [0.25, 0.3) is 17.0 Å². The summed E-state index contributed by atoms with van der Waals surface area (Å²) in [5.41, 5.74) is 5.87. The van der Waals surface area contributed by atoms with Crippen molar-refractivity contribution in [1.29, 1.82) is 0 Å². The van der Waals surface area contributed by atoms with Gasteiger partial charge in [0.1, 0.15) is 5.82 Å². The van der Waals surface area contributed by atoms with Crippen LogP contribution < -0.4 is 20.2 Å². The number of aromatic nitrogens is 2. The normalized spacial score (nSPS) is 14.8. The molecular weight excluding hydrogens is 619 g/mol. The fraction of sp³-hybridized carbons (Fsp3) is 0.108. The van der Waals surface area contributed by atoms with E-state index in [9.17, 15) is 14.0 Å². The number of thiazole rings is 1. The Morgan fingerprint density at radius 3 is 2.39 bits per heavy atom. The zero-order valence-corrected chi connectivity index (χ0v) is 26.6. The van der Waals surface area contributed by atoms with Crippen LogP contribution in [0.15, 0.2) is 124 Å². The van der Waals surface area contributed by atoms with Gasteiger partial charge in [0, 0.05) is 39.4 Å². The molecule has 0 unspecified atom stereocenters. The number of fused-ring (bicyclic) bond motifs is 2. The van der Waals surface area contributed by atoms with Crippen molar-refractivity contribution in [2.75, 3.05) is 5.32 Å². The molecule has 1 aliphatic heterocycles. The van der Waals surface area contributed by atoms with Gasteiger partial charge in [0.25, 0.3) is 11.5 Å². The van der Waals surface area contributed by atoms with Crippen LogP contribution in [0.5, 0.6) is 0 Å². The Balaban J connectivity index is 1.38. The first-order chi connectivity index (χ1) is 22.3. The van der Waals surface area contributed by atoms with Gasteiger partial charge in [0.15, 0.2) is 4.80 Å². The lowest BCUT2D eigenvalue weighted by Crippen LogP contribution is -2.40. The molecule has 0 fully saturated rings. The summed E-state index contributed by atoms with van der Waals surface area (Å²) in [4.78, 5) is 33.3. The average molecular weight is 647 g/mol. The molecule has 4 aromatic carbocycles. The SMILES string of the molecule is CC1=C(C(=O)Nc2ccccc2)[C@@H](c2ccc(F)cc2)n2c(s/c(=C\c3c(C)n(Cc4ccc(Cl)cc4)c4ccccc34)c2=O)=N1. The Bertz CT molecular complexity index is 2340. The number of benzene rings is 4. The van der Waals surface area contributed by atoms with Gasteiger partial charge in [0.2, 0.25) is 0 Å². The summed E-state index contributed by atoms with van der Waals surface area (Å²) in [5, 5.41) is 4.65. The van der Waals surface area contributed by atoms with Crippen LogP contribution in [0.1, 0.15) is 35.3 Å². The van der Waals surface area contributed by atoms with Gasteiger partial charge in [-0.1, -0.05) is 83.6 Å². The molecule has 0 radical (unpaired) electrons. The third kappa shape index (κ3) is 5.40. The molecule has 6 aromatic rings. The van der Waals surface area contributed by atoms with Crippen LogP contribution in [0.2, 0.25) is 5.02 Å². The smallest absolute Gasteiger partial charge is 0.271 e. The Hall–Kier alpha value is -5.05. The molecule has 3 heterocycles. The van der Waals surface area contributed by atoms with Crippen molar-refractivity contribution in [1.82, 2.24) is 9.13 Å².